The number of H-pyrrole nitrogens is 1. The molecule has 0 radical (unpaired) electrons. The molecule has 0 atom stereocenters. The lowest BCUT2D eigenvalue weighted by Crippen LogP contribution is -2.22. The molecule has 3 N–H and O–H groups in total. The Morgan fingerprint density at radius 3 is 2.84 bits per heavy atom. The van der Waals surface area contributed by atoms with E-state index in [2.05, 4.69) is 27.1 Å². The molecule has 3 aromatic rings. The average Bonchev–Trinajstić information content (AvgIpc) is 3.11. The van der Waals surface area contributed by atoms with E-state index in [1.54, 1.807) is 18.2 Å². The fourth-order valence-electron chi connectivity index (χ4n) is 3.43. The zero-order valence-corrected chi connectivity index (χ0v) is 14.0. The van der Waals surface area contributed by atoms with E-state index in [1.165, 1.54) is 32.1 Å². The summed E-state index contributed by atoms with van der Waals surface area (Å²) in [5.74, 6) is 6.59. The van der Waals surface area contributed by atoms with E-state index < -0.39 is 0 Å². The first-order chi connectivity index (χ1) is 12.3. The molecule has 1 aromatic carbocycles. The topological polar surface area (TPSA) is 60.9 Å². The third-order valence-electron chi connectivity index (χ3n) is 4.73. The number of aromatic amines is 1. The van der Waals surface area contributed by atoms with Gasteiger partial charge in [0, 0.05) is 29.4 Å². The maximum atomic E-state index is 9.60. The van der Waals surface area contributed by atoms with Gasteiger partial charge in [-0.05, 0) is 37.1 Å². The summed E-state index contributed by atoms with van der Waals surface area (Å²) in [6, 6.07) is 9.55. The Morgan fingerprint density at radius 2 is 2.00 bits per heavy atom. The van der Waals surface area contributed by atoms with Crippen LogP contribution in [0.15, 0.2) is 42.7 Å². The number of benzene rings is 1. The molecule has 0 amide bonds. The normalized spacial score (nSPS) is 14.9. The number of aromatic hydroxyl groups is 1. The molecule has 1 aliphatic rings. The van der Waals surface area contributed by atoms with Gasteiger partial charge in [0.05, 0.1) is 11.3 Å². The van der Waals surface area contributed by atoms with Crippen molar-refractivity contribution in [2.45, 2.75) is 38.1 Å². The molecule has 0 saturated heterocycles. The third-order valence-corrected chi connectivity index (χ3v) is 4.73. The van der Waals surface area contributed by atoms with Gasteiger partial charge in [-0.25, -0.2) is 4.98 Å². The zero-order valence-electron chi connectivity index (χ0n) is 14.0. The average molecular weight is 331 g/mol. The molecule has 1 fully saturated rings. The van der Waals surface area contributed by atoms with Crippen LogP contribution in [0, 0.1) is 11.8 Å². The number of phenolic OH excluding ortho intramolecular Hbond substituents is 1. The van der Waals surface area contributed by atoms with Crippen LogP contribution >= 0.6 is 0 Å². The molecule has 2 heterocycles. The second-order valence-electron chi connectivity index (χ2n) is 6.57. The van der Waals surface area contributed by atoms with Crippen LogP contribution in [0.2, 0.25) is 0 Å². The van der Waals surface area contributed by atoms with Crippen LogP contribution in [0.3, 0.4) is 0 Å². The SMILES string of the molecule is Oc1cccc(C#Cc2cnc3[nH]ccc3c2NC2CCCCC2)c1. The molecule has 2 aromatic heterocycles. The molecular formula is C21H21N3O. The molecule has 4 rings (SSSR count). The Balaban J connectivity index is 1.71. The lowest BCUT2D eigenvalue weighted by Gasteiger charge is -2.24. The van der Waals surface area contributed by atoms with Crippen LogP contribution in [0.5, 0.6) is 5.75 Å². The Kier molecular flexibility index (Phi) is 4.30. The molecule has 4 nitrogen and oxygen atoms in total. The van der Waals surface area contributed by atoms with Gasteiger partial charge in [-0.2, -0.15) is 0 Å². The van der Waals surface area contributed by atoms with Gasteiger partial charge in [0.25, 0.3) is 0 Å². The van der Waals surface area contributed by atoms with Crippen LogP contribution in [0.4, 0.5) is 5.69 Å². The minimum Gasteiger partial charge on any atom is -0.508 e. The highest BCUT2D eigenvalue weighted by molar-refractivity contribution is 5.92. The summed E-state index contributed by atoms with van der Waals surface area (Å²) in [6.45, 7) is 0. The van der Waals surface area contributed by atoms with Crippen molar-refractivity contribution in [1.29, 1.82) is 0 Å². The van der Waals surface area contributed by atoms with Crippen LogP contribution in [-0.2, 0) is 0 Å². The van der Waals surface area contributed by atoms with Gasteiger partial charge in [-0.1, -0.05) is 37.2 Å². The highest BCUT2D eigenvalue weighted by Gasteiger charge is 2.16. The van der Waals surface area contributed by atoms with Crippen molar-refractivity contribution in [2.24, 2.45) is 0 Å². The predicted octanol–water partition coefficient (Wildman–Crippen LogP) is 4.41. The number of phenols is 1. The summed E-state index contributed by atoms with van der Waals surface area (Å²) in [5.41, 5.74) is 3.62. The number of hydrogen-bond donors (Lipinski definition) is 3. The maximum absolute atomic E-state index is 9.60. The Hall–Kier alpha value is -2.93. The fraction of sp³-hybridized carbons (Fsp3) is 0.286. The molecule has 0 bridgehead atoms. The first-order valence-electron chi connectivity index (χ1n) is 8.83. The first-order valence-corrected chi connectivity index (χ1v) is 8.83. The summed E-state index contributed by atoms with van der Waals surface area (Å²) < 4.78 is 0. The first kappa shape index (κ1) is 15.6. The van der Waals surface area contributed by atoms with Gasteiger partial charge in [0.2, 0.25) is 0 Å². The summed E-state index contributed by atoms with van der Waals surface area (Å²) in [4.78, 5) is 7.65. The zero-order chi connectivity index (χ0) is 17.1. The number of nitrogens with one attached hydrogen (secondary N) is 2. The van der Waals surface area contributed by atoms with Crippen LogP contribution < -0.4 is 5.32 Å². The monoisotopic (exact) mass is 331 g/mol. The Labute approximate surface area is 147 Å². The second kappa shape index (κ2) is 6.90. The molecule has 1 aliphatic carbocycles. The van der Waals surface area contributed by atoms with E-state index in [0.717, 1.165) is 27.8 Å². The highest BCUT2D eigenvalue weighted by atomic mass is 16.3. The summed E-state index contributed by atoms with van der Waals surface area (Å²) in [7, 11) is 0. The van der Waals surface area contributed by atoms with Crippen molar-refractivity contribution >= 4 is 16.7 Å². The van der Waals surface area contributed by atoms with E-state index in [9.17, 15) is 5.11 Å². The van der Waals surface area contributed by atoms with Crippen molar-refractivity contribution in [3.63, 3.8) is 0 Å². The van der Waals surface area contributed by atoms with E-state index in [4.69, 9.17) is 0 Å². The van der Waals surface area contributed by atoms with E-state index in [0.29, 0.717) is 6.04 Å². The van der Waals surface area contributed by atoms with Crippen molar-refractivity contribution in [3.05, 3.63) is 53.9 Å². The van der Waals surface area contributed by atoms with Gasteiger partial charge >= 0.3 is 0 Å². The summed E-state index contributed by atoms with van der Waals surface area (Å²) >= 11 is 0. The van der Waals surface area contributed by atoms with Crippen LogP contribution in [0.25, 0.3) is 11.0 Å². The Morgan fingerprint density at radius 1 is 1.12 bits per heavy atom. The molecular weight excluding hydrogens is 310 g/mol. The molecule has 0 unspecified atom stereocenters. The molecule has 1 saturated carbocycles. The van der Waals surface area contributed by atoms with Crippen molar-refractivity contribution < 1.29 is 5.11 Å². The van der Waals surface area contributed by atoms with Gasteiger partial charge in [0.15, 0.2) is 0 Å². The minimum atomic E-state index is 0.228. The van der Waals surface area contributed by atoms with E-state index in [1.807, 2.05) is 24.5 Å². The number of nitrogens with zero attached hydrogens (tertiary/aromatic N) is 1. The fourth-order valence-corrected chi connectivity index (χ4v) is 3.43. The van der Waals surface area contributed by atoms with Crippen molar-refractivity contribution in [2.75, 3.05) is 5.32 Å². The number of hydrogen-bond acceptors (Lipinski definition) is 3. The van der Waals surface area contributed by atoms with Crippen molar-refractivity contribution in [1.82, 2.24) is 9.97 Å². The minimum absolute atomic E-state index is 0.228. The molecule has 4 heteroatoms. The molecule has 126 valence electrons. The smallest absolute Gasteiger partial charge is 0.139 e. The summed E-state index contributed by atoms with van der Waals surface area (Å²) in [5, 5.41) is 14.4. The molecule has 0 aliphatic heterocycles. The maximum Gasteiger partial charge on any atom is 0.139 e. The van der Waals surface area contributed by atoms with Crippen molar-refractivity contribution in [3.8, 4) is 17.6 Å². The predicted molar refractivity (Wildman–Crippen MR) is 101 cm³/mol. The van der Waals surface area contributed by atoms with E-state index >= 15 is 0 Å². The number of fused-ring (bicyclic) bond motifs is 1. The highest BCUT2D eigenvalue weighted by Crippen LogP contribution is 2.29. The van der Waals surface area contributed by atoms with Gasteiger partial charge in [-0.15, -0.1) is 0 Å². The van der Waals surface area contributed by atoms with Gasteiger partial charge < -0.3 is 15.4 Å². The number of anilines is 1. The lowest BCUT2D eigenvalue weighted by molar-refractivity contribution is 0.463. The molecule has 25 heavy (non-hydrogen) atoms. The number of pyridine rings is 1. The number of aromatic nitrogens is 2. The quantitative estimate of drug-likeness (QED) is 0.610. The summed E-state index contributed by atoms with van der Waals surface area (Å²) in [6.07, 6.45) is 10.0. The largest absolute Gasteiger partial charge is 0.508 e. The standard InChI is InChI=1S/C21H21N3O/c25-18-8-4-5-15(13-18)9-10-16-14-23-21-19(11-12-22-21)20(16)24-17-6-2-1-3-7-17/h4-5,8,11-14,17,25H,1-3,6-7H2,(H2,22,23,24). The second-order valence-corrected chi connectivity index (χ2v) is 6.57. The lowest BCUT2D eigenvalue weighted by atomic mass is 9.95. The van der Waals surface area contributed by atoms with Crippen LogP contribution in [-0.4, -0.2) is 21.1 Å². The third kappa shape index (κ3) is 3.46. The van der Waals surface area contributed by atoms with Crippen LogP contribution in [0.1, 0.15) is 43.2 Å². The number of rotatable bonds is 2. The van der Waals surface area contributed by atoms with Gasteiger partial charge in [0.1, 0.15) is 11.4 Å². The van der Waals surface area contributed by atoms with E-state index in [-0.39, 0.29) is 5.75 Å². The Bertz CT molecular complexity index is 942. The molecule has 0 spiro atoms. The van der Waals surface area contributed by atoms with Gasteiger partial charge in [-0.3, -0.25) is 0 Å².